The molecular weight excluding hydrogens is 234 g/mol. The van der Waals surface area contributed by atoms with Gasteiger partial charge < -0.3 is 11.1 Å². The highest BCUT2D eigenvalue weighted by Crippen LogP contribution is 2.29. The van der Waals surface area contributed by atoms with Crippen LogP contribution in [0.5, 0.6) is 0 Å². The van der Waals surface area contributed by atoms with E-state index in [1.165, 1.54) is 18.2 Å². The first-order valence-corrected chi connectivity index (χ1v) is 5.57. The third kappa shape index (κ3) is 2.27. The zero-order chi connectivity index (χ0) is 13.3. The number of hydrogen-bond donors (Lipinski definition) is 2. The molecule has 0 saturated heterocycles. The van der Waals surface area contributed by atoms with E-state index < -0.39 is 5.82 Å². The van der Waals surface area contributed by atoms with Crippen LogP contribution in [0.3, 0.4) is 0 Å². The van der Waals surface area contributed by atoms with E-state index in [-0.39, 0.29) is 5.82 Å². The van der Waals surface area contributed by atoms with Crippen LogP contribution in [-0.4, -0.2) is 0 Å². The predicted molar refractivity (Wildman–Crippen MR) is 70.0 cm³/mol. The van der Waals surface area contributed by atoms with Crippen molar-refractivity contribution in [1.29, 1.82) is 0 Å². The highest BCUT2D eigenvalue weighted by Gasteiger charge is 2.09. The first-order valence-electron chi connectivity index (χ1n) is 5.57. The van der Waals surface area contributed by atoms with Gasteiger partial charge in [0.2, 0.25) is 0 Å². The topological polar surface area (TPSA) is 38.0 Å². The number of benzene rings is 2. The minimum atomic E-state index is -0.449. The molecule has 0 heterocycles. The molecule has 4 heteroatoms. The van der Waals surface area contributed by atoms with Crippen LogP contribution in [0.2, 0.25) is 0 Å². The summed E-state index contributed by atoms with van der Waals surface area (Å²) in [5.41, 5.74) is 8.27. The number of nitrogens with one attached hydrogen (secondary N) is 1. The van der Waals surface area contributed by atoms with Crippen molar-refractivity contribution in [2.75, 3.05) is 11.1 Å². The van der Waals surface area contributed by atoms with E-state index in [1.54, 1.807) is 26.0 Å². The number of nitrogens with two attached hydrogens (primary N) is 1. The lowest BCUT2D eigenvalue weighted by molar-refractivity contribution is 0.626. The lowest BCUT2D eigenvalue weighted by Crippen LogP contribution is -2.01. The summed E-state index contributed by atoms with van der Waals surface area (Å²) in [7, 11) is 0. The van der Waals surface area contributed by atoms with Crippen LogP contribution in [0.25, 0.3) is 0 Å². The zero-order valence-corrected chi connectivity index (χ0v) is 10.2. The van der Waals surface area contributed by atoms with Crippen LogP contribution in [-0.2, 0) is 0 Å². The third-order valence-electron chi connectivity index (χ3n) is 2.89. The summed E-state index contributed by atoms with van der Waals surface area (Å²) in [5.74, 6) is -0.827. The molecule has 0 aliphatic carbocycles. The average Bonchev–Trinajstić information content (AvgIpc) is 2.30. The molecule has 94 valence electrons. The summed E-state index contributed by atoms with van der Waals surface area (Å²) in [6, 6.07) is 7.31. The Bertz CT molecular complexity index is 574. The number of anilines is 3. The van der Waals surface area contributed by atoms with Gasteiger partial charge in [-0.1, -0.05) is 12.1 Å². The first-order chi connectivity index (χ1) is 8.49. The van der Waals surface area contributed by atoms with Crippen molar-refractivity contribution in [2.24, 2.45) is 0 Å². The van der Waals surface area contributed by atoms with Gasteiger partial charge >= 0.3 is 0 Å². The standard InChI is InChI=1S/C14H14F2N2/c1-8-4-3-5-11(16)14(8)18-13-7-10(15)6-12(17)9(13)2/h3-7,18H,17H2,1-2H3. The molecule has 0 bridgehead atoms. The Morgan fingerprint density at radius 2 is 1.83 bits per heavy atom. The molecule has 0 radical (unpaired) electrons. The Morgan fingerprint density at radius 3 is 2.50 bits per heavy atom. The van der Waals surface area contributed by atoms with E-state index in [2.05, 4.69) is 5.32 Å². The number of hydrogen-bond acceptors (Lipinski definition) is 2. The van der Waals surface area contributed by atoms with E-state index in [9.17, 15) is 8.78 Å². The third-order valence-corrected chi connectivity index (χ3v) is 2.89. The number of aryl methyl sites for hydroxylation is 1. The Kier molecular flexibility index (Phi) is 3.19. The summed E-state index contributed by atoms with van der Waals surface area (Å²) in [6.45, 7) is 3.54. The molecule has 0 saturated carbocycles. The second kappa shape index (κ2) is 4.64. The largest absolute Gasteiger partial charge is 0.398 e. The highest BCUT2D eigenvalue weighted by molar-refractivity contribution is 5.71. The van der Waals surface area contributed by atoms with Gasteiger partial charge in [-0.2, -0.15) is 0 Å². The van der Waals surface area contributed by atoms with Crippen LogP contribution in [0.4, 0.5) is 25.8 Å². The van der Waals surface area contributed by atoms with Crippen molar-refractivity contribution in [1.82, 2.24) is 0 Å². The van der Waals surface area contributed by atoms with Crippen molar-refractivity contribution < 1.29 is 8.78 Å². The molecule has 2 aromatic rings. The summed E-state index contributed by atoms with van der Waals surface area (Å²) in [5, 5.41) is 2.90. The van der Waals surface area contributed by atoms with Crippen molar-refractivity contribution in [3.63, 3.8) is 0 Å². The maximum absolute atomic E-state index is 13.7. The average molecular weight is 248 g/mol. The van der Waals surface area contributed by atoms with E-state index in [0.29, 0.717) is 22.6 Å². The maximum Gasteiger partial charge on any atom is 0.146 e. The summed E-state index contributed by atoms with van der Waals surface area (Å²) in [4.78, 5) is 0. The van der Waals surface area contributed by atoms with Gasteiger partial charge in [0, 0.05) is 11.4 Å². The lowest BCUT2D eigenvalue weighted by atomic mass is 10.1. The normalized spacial score (nSPS) is 10.4. The van der Waals surface area contributed by atoms with Gasteiger partial charge in [-0.3, -0.25) is 0 Å². The number of rotatable bonds is 2. The fraction of sp³-hybridized carbons (Fsp3) is 0.143. The Labute approximate surface area is 104 Å². The molecule has 0 spiro atoms. The predicted octanol–water partition coefficient (Wildman–Crippen LogP) is 3.91. The first kappa shape index (κ1) is 12.4. The Hall–Kier alpha value is -2.10. The molecule has 18 heavy (non-hydrogen) atoms. The van der Waals surface area contributed by atoms with Crippen LogP contribution in [0.1, 0.15) is 11.1 Å². The molecule has 0 atom stereocenters. The van der Waals surface area contributed by atoms with E-state index in [0.717, 1.165) is 5.56 Å². The second-order valence-electron chi connectivity index (χ2n) is 4.22. The van der Waals surface area contributed by atoms with Gasteiger partial charge in [0.05, 0.1) is 5.69 Å². The fourth-order valence-electron chi connectivity index (χ4n) is 1.75. The fourth-order valence-corrected chi connectivity index (χ4v) is 1.75. The van der Waals surface area contributed by atoms with Crippen molar-refractivity contribution in [3.05, 3.63) is 53.1 Å². The second-order valence-corrected chi connectivity index (χ2v) is 4.22. The molecule has 0 aliphatic heterocycles. The molecular formula is C14H14F2N2. The molecule has 0 amide bonds. The van der Waals surface area contributed by atoms with Crippen LogP contribution in [0, 0.1) is 25.5 Å². The quantitative estimate of drug-likeness (QED) is 0.791. The summed E-state index contributed by atoms with van der Waals surface area (Å²) < 4.78 is 27.0. The molecule has 2 rings (SSSR count). The molecule has 0 aliphatic rings. The van der Waals surface area contributed by atoms with Crippen LogP contribution >= 0.6 is 0 Å². The van der Waals surface area contributed by atoms with Crippen LogP contribution < -0.4 is 11.1 Å². The lowest BCUT2D eigenvalue weighted by Gasteiger charge is -2.14. The van der Waals surface area contributed by atoms with Crippen molar-refractivity contribution >= 4 is 17.1 Å². The summed E-state index contributed by atoms with van der Waals surface area (Å²) >= 11 is 0. The Morgan fingerprint density at radius 1 is 1.11 bits per heavy atom. The van der Waals surface area contributed by atoms with Gasteiger partial charge in [0.15, 0.2) is 0 Å². The minimum absolute atomic E-state index is 0.339. The van der Waals surface area contributed by atoms with Gasteiger partial charge in [-0.25, -0.2) is 8.78 Å². The van der Waals surface area contributed by atoms with Gasteiger partial charge in [-0.15, -0.1) is 0 Å². The van der Waals surface area contributed by atoms with E-state index >= 15 is 0 Å². The number of para-hydroxylation sites is 1. The van der Waals surface area contributed by atoms with Gasteiger partial charge in [0.25, 0.3) is 0 Å². The van der Waals surface area contributed by atoms with Gasteiger partial charge in [-0.05, 0) is 43.2 Å². The monoisotopic (exact) mass is 248 g/mol. The highest BCUT2D eigenvalue weighted by atomic mass is 19.1. The zero-order valence-electron chi connectivity index (χ0n) is 10.2. The Balaban J connectivity index is 2.46. The van der Waals surface area contributed by atoms with E-state index in [1.807, 2.05) is 0 Å². The minimum Gasteiger partial charge on any atom is -0.398 e. The maximum atomic E-state index is 13.7. The molecule has 3 N–H and O–H groups in total. The molecule has 0 unspecified atom stereocenters. The SMILES string of the molecule is Cc1cccc(F)c1Nc1cc(F)cc(N)c1C. The number of nitrogen functional groups attached to an aromatic ring is 1. The van der Waals surface area contributed by atoms with E-state index in [4.69, 9.17) is 5.73 Å². The molecule has 2 nitrogen and oxygen atoms in total. The van der Waals surface area contributed by atoms with Crippen molar-refractivity contribution in [2.45, 2.75) is 13.8 Å². The van der Waals surface area contributed by atoms with Crippen LogP contribution in [0.15, 0.2) is 30.3 Å². The summed E-state index contributed by atoms with van der Waals surface area (Å²) in [6.07, 6.45) is 0. The molecule has 2 aromatic carbocycles. The molecule has 0 aromatic heterocycles. The number of halogens is 2. The van der Waals surface area contributed by atoms with Crippen molar-refractivity contribution in [3.8, 4) is 0 Å². The smallest absolute Gasteiger partial charge is 0.146 e. The molecule has 0 fully saturated rings. The van der Waals surface area contributed by atoms with Gasteiger partial charge in [0.1, 0.15) is 11.6 Å².